The van der Waals surface area contributed by atoms with Crippen molar-refractivity contribution in [1.82, 2.24) is 0 Å². The summed E-state index contributed by atoms with van der Waals surface area (Å²) in [6.07, 6.45) is 1.39. The molecule has 0 radical (unpaired) electrons. The van der Waals surface area contributed by atoms with Crippen molar-refractivity contribution in [3.8, 4) is 0 Å². The summed E-state index contributed by atoms with van der Waals surface area (Å²) in [6.45, 7) is 8.72. The Labute approximate surface area is 54.4 Å². The van der Waals surface area contributed by atoms with Crippen molar-refractivity contribution in [3.63, 3.8) is 0 Å². The van der Waals surface area contributed by atoms with E-state index in [4.69, 9.17) is 11.6 Å². The molecule has 2 heteroatoms. The first-order valence-corrected chi connectivity index (χ1v) is 2.56. The van der Waals surface area contributed by atoms with E-state index in [0.29, 0.717) is 5.17 Å². The van der Waals surface area contributed by atoms with E-state index in [2.05, 4.69) is 18.2 Å². The van der Waals surface area contributed by atoms with Gasteiger partial charge in [-0.15, -0.1) is 0 Å². The molecular formula is C6H8ClN. The fourth-order valence-electron chi connectivity index (χ4n) is 0.190. The van der Waals surface area contributed by atoms with Crippen LogP contribution in [0.15, 0.2) is 29.9 Å². The molecule has 8 heavy (non-hydrogen) atoms. The summed E-state index contributed by atoms with van der Waals surface area (Å²) in [5.74, 6) is 0. The molecule has 0 aromatic heterocycles. The first kappa shape index (κ1) is 7.44. The van der Waals surface area contributed by atoms with Crippen LogP contribution in [-0.2, 0) is 0 Å². The third kappa shape index (κ3) is 2.59. The standard InChI is InChI=1S/C6H8ClN/c1-4-8-6(7)5(2)3/h4H,1-2H2,3H3/b8-6+. The summed E-state index contributed by atoms with van der Waals surface area (Å²) in [5.41, 5.74) is 0.756. The van der Waals surface area contributed by atoms with E-state index in [1.165, 1.54) is 6.20 Å². The molecule has 0 fully saturated rings. The van der Waals surface area contributed by atoms with Gasteiger partial charge >= 0.3 is 0 Å². The van der Waals surface area contributed by atoms with E-state index < -0.39 is 0 Å². The molecular weight excluding hydrogens is 122 g/mol. The molecule has 0 aliphatic carbocycles. The number of halogens is 1. The molecule has 0 saturated carbocycles. The summed E-state index contributed by atoms with van der Waals surface area (Å²) in [7, 11) is 0. The minimum Gasteiger partial charge on any atom is -0.245 e. The first-order valence-electron chi connectivity index (χ1n) is 2.18. The number of hydrogen-bond acceptors (Lipinski definition) is 1. The average Bonchev–Trinajstić information content (AvgIpc) is 1.67. The third-order valence-corrected chi connectivity index (χ3v) is 0.977. The number of aliphatic imine (C=N–C) groups is 1. The maximum Gasteiger partial charge on any atom is 0.131 e. The van der Waals surface area contributed by atoms with Crippen LogP contribution in [0.25, 0.3) is 0 Å². The predicted octanol–water partition coefficient (Wildman–Crippen LogP) is 2.34. The van der Waals surface area contributed by atoms with Crippen LogP contribution < -0.4 is 0 Å². The van der Waals surface area contributed by atoms with E-state index in [1.54, 1.807) is 6.92 Å². The predicted molar refractivity (Wildman–Crippen MR) is 38.3 cm³/mol. The molecule has 0 bridgehead atoms. The van der Waals surface area contributed by atoms with Crippen molar-refractivity contribution in [2.24, 2.45) is 4.99 Å². The number of hydrogen-bond donors (Lipinski definition) is 0. The van der Waals surface area contributed by atoms with E-state index >= 15 is 0 Å². The molecule has 0 atom stereocenters. The lowest BCUT2D eigenvalue weighted by Crippen LogP contribution is -1.83. The van der Waals surface area contributed by atoms with Crippen LogP contribution in [0.5, 0.6) is 0 Å². The third-order valence-electron chi connectivity index (χ3n) is 0.557. The van der Waals surface area contributed by atoms with E-state index in [1.807, 2.05) is 0 Å². The second-order valence-corrected chi connectivity index (χ2v) is 1.74. The molecule has 0 aliphatic heterocycles. The molecule has 0 unspecified atom stereocenters. The minimum absolute atomic E-state index is 0.417. The van der Waals surface area contributed by atoms with E-state index in [-0.39, 0.29) is 0 Å². The van der Waals surface area contributed by atoms with Crippen LogP contribution in [0.2, 0.25) is 0 Å². The Kier molecular flexibility index (Phi) is 3.20. The number of nitrogens with zero attached hydrogens (tertiary/aromatic N) is 1. The van der Waals surface area contributed by atoms with Gasteiger partial charge in [-0.2, -0.15) is 0 Å². The minimum atomic E-state index is 0.417. The molecule has 0 saturated heterocycles. The van der Waals surface area contributed by atoms with Gasteiger partial charge in [0.05, 0.1) is 0 Å². The van der Waals surface area contributed by atoms with Crippen molar-refractivity contribution in [1.29, 1.82) is 0 Å². The van der Waals surface area contributed by atoms with Crippen LogP contribution in [0.4, 0.5) is 0 Å². The lowest BCUT2D eigenvalue weighted by molar-refractivity contribution is 1.55. The van der Waals surface area contributed by atoms with Crippen LogP contribution >= 0.6 is 11.6 Å². The van der Waals surface area contributed by atoms with Gasteiger partial charge in [0.15, 0.2) is 0 Å². The molecule has 1 nitrogen and oxygen atoms in total. The lowest BCUT2D eigenvalue weighted by atomic mass is 10.4. The van der Waals surface area contributed by atoms with Crippen molar-refractivity contribution in [3.05, 3.63) is 24.9 Å². The Balaban J connectivity index is 3.99. The molecule has 0 aromatic carbocycles. The monoisotopic (exact) mass is 129 g/mol. The summed E-state index contributed by atoms with van der Waals surface area (Å²) >= 11 is 5.50. The Morgan fingerprint density at radius 3 is 2.38 bits per heavy atom. The first-order chi connectivity index (χ1) is 3.68. The van der Waals surface area contributed by atoms with Crippen LogP contribution in [0.1, 0.15) is 6.92 Å². The molecule has 0 aliphatic rings. The van der Waals surface area contributed by atoms with Crippen molar-refractivity contribution >= 4 is 16.8 Å². The largest absolute Gasteiger partial charge is 0.245 e. The van der Waals surface area contributed by atoms with Crippen molar-refractivity contribution in [2.75, 3.05) is 0 Å². The molecule has 0 spiro atoms. The highest BCUT2D eigenvalue weighted by Gasteiger charge is 1.88. The fourth-order valence-corrected chi connectivity index (χ4v) is 0.259. The van der Waals surface area contributed by atoms with Gasteiger partial charge in [0.25, 0.3) is 0 Å². The van der Waals surface area contributed by atoms with Gasteiger partial charge in [0.2, 0.25) is 0 Å². The lowest BCUT2D eigenvalue weighted by Gasteiger charge is -1.88. The summed E-state index contributed by atoms with van der Waals surface area (Å²) < 4.78 is 0. The van der Waals surface area contributed by atoms with E-state index in [0.717, 1.165) is 5.57 Å². The molecule has 0 N–H and O–H groups in total. The maximum absolute atomic E-state index is 5.50. The number of allylic oxidation sites excluding steroid dienone is 1. The molecule has 0 heterocycles. The summed E-state index contributed by atoms with van der Waals surface area (Å²) in [6, 6.07) is 0. The van der Waals surface area contributed by atoms with E-state index in [9.17, 15) is 0 Å². The van der Waals surface area contributed by atoms with Gasteiger partial charge in [-0.25, -0.2) is 4.99 Å². The Bertz CT molecular complexity index is 135. The van der Waals surface area contributed by atoms with Gasteiger partial charge in [-0.05, 0) is 12.5 Å². The summed E-state index contributed by atoms with van der Waals surface area (Å²) in [4.78, 5) is 3.67. The molecule has 0 amide bonds. The highest BCUT2D eigenvalue weighted by atomic mass is 35.5. The maximum atomic E-state index is 5.50. The van der Waals surface area contributed by atoms with Gasteiger partial charge in [-0.1, -0.05) is 24.8 Å². The SMILES string of the molecule is C=C/N=C(/Cl)C(=C)C. The normalized spacial score (nSPS) is 11.0. The molecule has 0 rings (SSSR count). The van der Waals surface area contributed by atoms with Gasteiger partial charge < -0.3 is 0 Å². The van der Waals surface area contributed by atoms with Gasteiger partial charge in [0.1, 0.15) is 5.17 Å². The van der Waals surface area contributed by atoms with Crippen LogP contribution in [0, 0.1) is 0 Å². The van der Waals surface area contributed by atoms with Crippen LogP contribution in [0.3, 0.4) is 0 Å². The number of rotatable bonds is 2. The summed E-state index contributed by atoms with van der Waals surface area (Å²) in [5, 5.41) is 0.417. The average molecular weight is 130 g/mol. The highest BCUT2D eigenvalue weighted by Crippen LogP contribution is 1.97. The zero-order valence-electron chi connectivity index (χ0n) is 4.82. The second-order valence-electron chi connectivity index (χ2n) is 1.38. The Hall–Kier alpha value is -0.560. The highest BCUT2D eigenvalue weighted by molar-refractivity contribution is 6.69. The molecule has 0 aromatic rings. The topological polar surface area (TPSA) is 12.4 Å². The quantitative estimate of drug-likeness (QED) is 0.508. The smallest absolute Gasteiger partial charge is 0.131 e. The second kappa shape index (κ2) is 3.44. The van der Waals surface area contributed by atoms with Gasteiger partial charge in [-0.3, -0.25) is 0 Å². The van der Waals surface area contributed by atoms with Crippen LogP contribution in [-0.4, -0.2) is 5.17 Å². The molecule has 44 valence electrons. The van der Waals surface area contributed by atoms with Crippen molar-refractivity contribution in [2.45, 2.75) is 6.92 Å². The Morgan fingerprint density at radius 2 is 2.25 bits per heavy atom. The zero-order chi connectivity index (χ0) is 6.57. The fraction of sp³-hybridized carbons (Fsp3) is 0.167. The van der Waals surface area contributed by atoms with Gasteiger partial charge in [0, 0.05) is 6.20 Å². The zero-order valence-corrected chi connectivity index (χ0v) is 5.57. The van der Waals surface area contributed by atoms with Crippen molar-refractivity contribution < 1.29 is 0 Å². The Morgan fingerprint density at radius 1 is 1.75 bits per heavy atom.